The van der Waals surface area contributed by atoms with E-state index in [0.717, 1.165) is 5.69 Å². The third-order valence-electron chi connectivity index (χ3n) is 2.99. The molecule has 0 saturated heterocycles. The zero-order valence-electron chi connectivity index (χ0n) is 11.4. The van der Waals surface area contributed by atoms with E-state index in [-0.39, 0.29) is 12.5 Å². The topological polar surface area (TPSA) is 59.8 Å². The lowest BCUT2D eigenvalue weighted by atomic mass is 10.1. The first-order valence-electron chi connectivity index (χ1n) is 6.31. The Morgan fingerprint density at radius 3 is 2.79 bits per heavy atom. The van der Waals surface area contributed by atoms with Crippen molar-refractivity contribution in [3.05, 3.63) is 41.9 Å². The number of nitrogens with zero attached hydrogens (tertiary/aromatic N) is 3. The lowest BCUT2D eigenvalue weighted by molar-refractivity contribution is -0.117. The Balaban J connectivity index is 2.03. The second-order valence-electron chi connectivity index (χ2n) is 4.76. The van der Waals surface area contributed by atoms with Crippen LogP contribution in [0.1, 0.15) is 31.0 Å². The number of nitrogens with one attached hydrogen (secondary N) is 1. The minimum atomic E-state index is -0.125. The fourth-order valence-electron chi connectivity index (χ4n) is 1.94. The summed E-state index contributed by atoms with van der Waals surface area (Å²) in [5.74, 6) is 0.842. The summed E-state index contributed by atoms with van der Waals surface area (Å²) in [6.07, 6.45) is 3.47. The molecule has 1 amide bonds. The molecular weight excluding hydrogens is 240 g/mol. The third-order valence-corrected chi connectivity index (χ3v) is 2.99. The highest BCUT2D eigenvalue weighted by Crippen LogP contribution is 2.17. The quantitative estimate of drug-likeness (QED) is 0.915. The maximum Gasteiger partial charge on any atom is 0.247 e. The molecule has 0 spiro atoms. The minimum absolute atomic E-state index is 0.125. The zero-order valence-corrected chi connectivity index (χ0v) is 11.4. The van der Waals surface area contributed by atoms with Gasteiger partial charge in [0.25, 0.3) is 0 Å². The first-order chi connectivity index (χ1) is 9.08. The second kappa shape index (κ2) is 5.65. The first kappa shape index (κ1) is 13.3. The van der Waals surface area contributed by atoms with Crippen LogP contribution >= 0.6 is 0 Å². The molecular formula is C14H18N4O. The zero-order chi connectivity index (χ0) is 13.8. The van der Waals surface area contributed by atoms with Crippen LogP contribution in [0.15, 0.2) is 30.6 Å². The van der Waals surface area contributed by atoms with Crippen LogP contribution in [0, 0.1) is 6.92 Å². The Morgan fingerprint density at radius 1 is 1.42 bits per heavy atom. The minimum Gasteiger partial charge on any atom is -0.309 e. The molecule has 5 heteroatoms. The van der Waals surface area contributed by atoms with Gasteiger partial charge in [-0.25, -0.2) is 4.98 Å². The van der Waals surface area contributed by atoms with Crippen molar-refractivity contribution in [2.45, 2.75) is 33.2 Å². The van der Waals surface area contributed by atoms with E-state index >= 15 is 0 Å². The van der Waals surface area contributed by atoms with Gasteiger partial charge >= 0.3 is 0 Å². The summed E-state index contributed by atoms with van der Waals surface area (Å²) < 4.78 is 1.72. The lowest BCUT2D eigenvalue weighted by Gasteiger charge is -2.07. The normalized spacial score (nSPS) is 10.7. The molecule has 0 atom stereocenters. The Labute approximate surface area is 112 Å². The third kappa shape index (κ3) is 3.19. The van der Waals surface area contributed by atoms with Gasteiger partial charge in [-0.3, -0.25) is 9.48 Å². The highest BCUT2D eigenvalue weighted by atomic mass is 16.2. The van der Waals surface area contributed by atoms with Crippen LogP contribution in [0.3, 0.4) is 0 Å². The average molecular weight is 258 g/mol. The summed E-state index contributed by atoms with van der Waals surface area (Å²) in [7, 11) is 0. The molecule has 0 aliphatic carbocycles. The molecule has 0 radical (unpaired) electrons. The van der Waals surface area contributed by atoms with Gasteiger partial charge in [0.1, 0.15) is 12.4 Å². The number of hydrogen-bond donors (Lipinski definition) is 1. The molecule has 0 saturated carbocycles. The lowest BCUT2D eigenvalue weighted by Crippen LogP contribution is -2.20. The van der Waals surface area contributed by atoms with Gasteiger partial charge in [-0.05, 0) is 30.5 Å². The summed E-state index contributed by atoms with van der Waals surface area (Å²) in [6, 6.07) is 5.40. The SMILES string of the molecule is Cc1c(C(C)C)cnn1CC(=O)Nc1ccccn1. The van der Waals surface area contributed by atoms with Crippen LogP contribution in [0.25, 0.3) is 0 Å². The van der Waals surface area contributed by atoms with Gasteiger partial charge < -0.3 is 5.32 Å². The Morgan fingerprint density at radius 2 is 2.21 bits per heavy atom. The smallest absolute Gasteiger partial charge is 0.247 e. The van der Waals surface area contributed by atoms with E-state index in [2.05, 4.69) is 29.2 Å². The van der Waals surface area contributed by atoms with Crippen LogP contribution in [0.5, 0.6) is 0 Å². The molecule has 2 aromatic rings. The fourth-order valence-corrected chi connectivity index (χ4v) is 1.94. The molecule has 0 bridgehead atoms. The fraction of sp³-hybridized carbons (Fsp3) is 0.357. The van der Waals surface area contributed by atoms with E-state index in [9.17, 15) is 4.79 Å². The maximum absolute atomic E-state index is 11.9. The van der Waals surface area contributed by atoms with Crippen LogP contribution in [0.4, 0.5) is 5.82 Å². The summed E-state index contributed by atoms with van der Waals surface area (Å²) >= 11 is 0. The van der Waals surface area contributed by atoms with Gasteiger partial charge in [-0.2, -0.15) is 5.10 Å². The summed E-state index contributed by atoms with van der Waals surface area (Å²) in [6.45, 7) is 6.41. The van der Waals surface area contributed by atoms with Crippen molar-refractivity contribution < 1.29 is 4.79 Å². The van der Waals surface area contributed by atoms with Crippen LogP contribution in [-0.4, -0.2) is 20.7 Å². The van der Waals surface area contributed by atoms with Crippen molar-refractivity contribution in [2.75, 3.05) is 5.32 Å². The van der Waals surface area contributed by atoms with Crippen LogP contribution in [-0.2, 0) is 11.3 Å². The number of anilines is 1. The van der Waals surface area contributed by atoms with Gasteiger partial charge in [0.2, 0.25) is 5.91 Å². The molecule has 0 aliphatic heterocycles. The van der Waals surface area contributed by atoms with Crippen molar-refractivity contribution >= 4 is 11.7 Å². The molecule has 0 aromatic carbocycles. The van der Waals surface area contributed by atoms with Crippen molar-refractivity contribution in [1.82, 2.24) is 14.8 Å². The van der Waals surface area contributed by atoms with Crippen molar-refractivity contribution in [3.63, 3.8) is 0 Å². The number of aromatic nitrogens is 3. The van der Waals surface area contributed by atoms with Gasteiger partial charge in [0.05, 0.1) is 6.20 Å². The molecule has 19 heavy (non-hydrogen) atoms. The monoisotopic (exact) mass is 258 g/mol. The summed E-state index contributed by atoms with van der Waals surface area (Å²) in [5.41, 5.74) is 2.21. The molecule has 0 aliphatic rings. The summed E-state index contributed by atoms with van der Waals surface area (Å²) in [4.78, 5) is 16.0. The van der Waals surface area contributed by atoms with Gasteiger partial charge in [0.15, 0.2) is 0 Å². The van der Waals surface area contributed by atoms with E-state index < -0.39 is 0 Å². The molecule has 2 heterocycles. The number of carbonyl (C=O) groups excluding carboxylic acids is 1. The van der Waals surface area contributed by atoms with Gasteiger partial charge in [0, 0.05) is 11.9 Å². The van der Waals surface area contributed by atoms with E-state index in [4.69, 9.17) is 0 Å². The number of pyridine rings is 1. The van der Waals surface area contributed by atoms with Crippen LogP contribution < -0.4 is 5.32 Å². The van der Waals surface area contributed by atoms with Crippen LogP contribution in [0.2, 0.25) is 0 Å². The molecule has 100 valence electrons. The highest BCUT2D eigenvalue weighted by molar-refractivity contribution is 5.89. The van der Waals surface area contributed by atoms with E-state index in [1.54, 1.807) is 16.9 Å². The average Bonchev–Trinajstić information content (AvgIpc) is 2.72. The van der Waals surface area contributed by atoms with E-state index in [1.165, 1.54) is 5.56 Å². The van der Waals surface area contributed by atoms with E-state index in [0.29, 0.717) is 11.7 Å². The predicted molar refractivity (Wildman–Crippen MR) is 73.9 cm³/mol. The second-order valence-corrected chi connectivity index (χ2v) is 4.76. The first-order valence-corrected chi connectivity index (χ1v) is 6.31. The number of hydrogen-bond acceptors (Lipinski definition) is 3. The van der Waals surface area contributed by atoms with Crippen molar-refractivity contribution in [2.24, 2.45) is 0 Å². The summed E-state index contributed by atoms with van der Waals surface area (Å²) in [5, 5.41) is 7.00. The molecule has 0 unspecified atom stereocenters. The number of rotatable bonds is 4. The number of carbonyl (C=O) groups is 1. The Hall–Kier alpha value is -2.17. The number of amides is 1. The molecule has 2 rings (SSSR count). The van der Waals surface area contributed by atoms with Crippen molar-refractivity contribution in [3.8, 4) is 0 Å². The van der Waals surface area contributed by atoms with Crippen molar-refractivity contribution in [1.29, 1.82) is 0 Å². The maximum atomic E-state index is 11.9. The van der Waals surface area contributed by atoms with Gasteiger partial charge in [-0.15, -0.1) is 0 Å². The predicted octanol–water partition coefficient (Wildman–Crippen LogP) is 2.35. The molecule has 1 N–H and O–H groups in total. The standard InChI is InChI=1S/C14H18N4O/c1-10(2)12-8-16-18(11(12)3)9-14(19)17-13-6-4-5-7-15-13/h4-8,10H,9H2,1-3H3,(H,15,17,19). The molecule has 2 aromatic heterocycles. The largest absolute Gasteiger partial charge is 0.309 e. The molecule has 5 nitrogen and oxygen atoms in total. The van der Waals surface area contributed by atoms with Gasteiger partial charge in [-0.1, -0.05) is 19.9 Å². The molecule has 0 fully saturated rings. The Bertz CT molecular complexity index is 560. The highest BCUT2D eigenvalue weighted by Gasteiger charge is 2.12. The van der Waals surface area contributed by atoms with E-state index in [1.807, 2.05) is 25.3 Å². The Kier molecular flexibility index (Phi) is 3.94.